The molecular weight excluding hydrogens is 422 g/mol. The van der Waals surface area contributed by atoms with E-state index < -0.39 is 0 Å². The fraction of sp³-hybridized carbons (Fsp3) is 0.586. The van der Waals surface area contributed by atoms with Crippen LogP contribution in [0.1, 0.15) is 83.8 Å². The number of nitrogens with zero attached hydrogens (tertiary/aromatic N) is 2. The van der Waals surface area contributed by atoms with Crippen LogP contribution in [0.3, 0.4) is 0 Å². The van der Waals surface area contributed by atoms with E-state index in [0.717, 1.165) is 49.3 Å². The number of benzene rings is 1. The Labute approximate surface area is 205 Å². The van der Waals surface area contributed by atoms with E-state index >= 15 is 0 Å². The first kappa shape index (κ1) is 24.7. The van der Waals surface area contributed by atoms with Gasteiger partial charge in [0.25, 0.3) is 0 Å². The number of fused-ring (bicyclic) bond motifs is 1. The molecule has 0 bridgehead atoms. The van der Waals surface area contributed by atoms with Crippen LogP contribution in [0.25, 0.3) is 11.3 Å². The number of unbranched alkanes of at least 4 members (excludes halogenated alkanes) is 1. The van der Waals surface area contributed by atoms with Crippen molar-refractivity contribution in [2.45, 2.75) is 89.5 Å². The van der Waals surface area contributed by atoms with Crippen LogP contribution in [0.15, 0.2) is 36.4 Å². The van der Waals surface area contributed by atoms with Gasteiger partial charge in [0.2, 0.25) is 5.91 Å². The van der Waals surface area contributed by atoms with Crippen LogP contribution >= 0.6 is 0 Å². The minimum atomic E-state index is -0.186. The Morgan fingerprint density at radius 2 is 1.82 bits per heavy atom. The van der Waals surface area contributed by atoms with Gasteiger partial charge >= 0.3 is 0 Å². The Bertz CT molecular complexity index is 1010. The van der Waals surface area contributed by atoms with Crippen molar-refractivity contribution in [3.05, 3.63) is 47.5 Å². The predicted molar refractivity (Wildman–Crippen MR) is 139 cm³/mol. The molecule has 1 atom stereocenters. The Balaban J connectivity index is 1.60. The van der Waals surface area contributed by atoms with Crippen LogP contribution in [0.2, 0.25) is 0 Å². The number of carbonyl (C=O) groups excluding carboxylic acids is 1. The van der Waals surface area contributed by atoms with Crippen molar-refractivity contribution in [3.8, 4) is 11.3 Å². The smallest absolute Gasteiger partial charge is 0.242 e. The number of aliphatic hydroxyl groups excluding tert-OH is 1. The average Bonchev–Trinajstić information content (AvgIpc) is 2.84. The van der Waals surface area contributed by atoms with Crippen LogP contribution in [-0.4, -0.2) is 41.7 Å². The highest BCUT2D eigenvalue weighted by molar-refractivity contribution is 5.85. The standard InChI is InChI=1S/C29H41N3O2/c1-28(2)15-16-29(3,4)23-20-21(13-14-22(23)28)24-10-9-12-26(31-24)32-18-7-5-11-25(32)27(34)30-17-6-8-19-33/h9-10,12-14,20,25,33H,5-8,11,15-19H2,1-4H3,(H,30,34). The Morgan fingerprint density at radius 1 is 1.06 bits per heavy atom. The zero-order chi connectivity index (χ0) is 24.3. The Hall–Kier alpha value is -2.40. The van der Waals surface area contributed by atoms with Crippen molar-refractivity contribution < 1.29 is 9.90 Å². The second kappa shape index (κ2) is 10.1. The summed E-state index contributed by atoms with van der Waals surface area (Å²) in [7, 11) is 0. The summed E-state index contributed by atoms with van der Waals surface area (Å²) in [6.07, 6.45) is 6.88. The van der Waals surface area contributed by atoms with E-state index in [9.17, 15) is 4.79 Å². The summed E-state index contributed by atoms with van der Waals surface area (Å²) in [6.45, 7) is 11.0. The van der Waals surface area contributed by atoms with E-state index in [1.165, 1.54) is 24.0 Å². The number of pyridine rings is 1. The van der Waals surface area contributed by atoms with Gasteiger partial charge in [0.1, 0.15) is 11.9 Å². The predicted octanol–water partition coefficient (Wildman–Crippen LogP) is 5.35. The van der Waals surface area contributed by atoms with Crippen molar-refractivity contribution in [1.29, 1.82) is 0 Å². The molecule has 1 fully saturated rings. The average molecular weight is 464 g/mol. The number of hydrogen-bond donors (Lipinski definition) is 2. The molecule has 1 saturated heterocycles. The van der Waals surface area contributed by atoms with Gasteiger partial charge in [-0.05, 0) is 85.1 Å². The van der Waals surface area contributed by atoms with Gasteiger partial charge in [0.05, 0.1) is 5.69 Å². The number of anilines is 1. The first-order chi connectivity index (χ1) is 16.2. The van der Waals surface area contributed by atoms with Crippen LogP contribution in [0.4, 0.5) is 5.82 Å². The van der Waals surface area contributed by atoms with Gasteiger partial charge in [0.15, 0.2) is 0 Å². The van der Waals surface area contributed by atoms with Crippen LogP contribution in [0.5, 0.6) is 0 Å². The molecule has 0 saturated carbocycles. The van der Waals surface area contributed by atoms with Crippen molar-refractivity contribution >= 4 is 11.7 Å². The van der Waals surface area contributed by atoms with E-state index in [0.29, 0.717) is 13.0 Å². The molecule has 1 aliphatic heterocycles. The van der Waals surface area contributed by atoms with Gasteiger partial charge in [-0.25, -0.2) is 4.98 Å². The highest BCUT2D eigenvalue weighted by atomic mass is 16.3. The number of nitrogens with one attached hydrogen (secondary N) is 1. The third kappa shape index (κ3) is 5.14. The quantitative estimate of drug-likeness (QED) is 0.544. The largest absolute Gasteiger partial charge is 0.396 e. The molecule has 0 spiro atoms. The maximum atomic E-state index is 12.9. The molecule has 5 heteroatoms. The third-order valence-electron chi connectivity index (χ3n) is 7.87. The van der Waals surface area contributed by atoms with E-state index in [-0.39, 0.29) is 29.4 Å². The van der Waals surface area contributed by atoms with Crippen molar-refractivity contribution in [2.75, 3.05) is 24.6 Å². The first-order valence-corrected chi connectivity index (χ1v) is 13.0. The number of carbonyl (C=O) groups is 1. The fourth-order valence-electron chi connectivity index (χ4n) is 5.54. The molecule has 0 radical (unpaired) electrons. The normalized spacial score (nSPS) is 21.1. The lowest BCUT2D eigenvalue weighted by Crippen LogP contribution is -2.50. The van der Waals surface area contributed by atoms with Crippen LogP contribution < -0.4 is 10.2 Å². The maximum absolute atomic E-state index is 12.9. The number of aliphatic hydroxyl groups is 1. The zero-order valence-corrected chi connectivity index (χ0v) is 21.4. The molecule has 1 amide bonds. The summed E-state index contributed by atoms with van der Waals surface area (Å²) < 4.78 is 0. The summed E-state index contributed by atoms with van der Waals surface area (Å²) in [5.41, 5.74) is 5.36. The summed E-state index contributed by atoms with van der Waals surface area (Å²) >= 11 is 0. The molecule has 1 unspecified atom stereocenters. The lowest BCUT2D eigenvalue weighted by Gasteiger charge is -2.42. The highest BCUT2D eigenvalue weighted by Gasteiger charge is 2.37. The van der Waals surface area contributed by atoms with Crippen LogP contribution in [0, 0.1) is 0 Å². The number of rotatable bonds is 7. The SMILES string of the molecule is CC1(C)CCC(C)(C)c2cc(-c3cccc(N4CCCCC4C(=O)NCCCCO)n3)ccc21. The monoisotopic (exact) mass is 463 g/mol. The third-order valence-corrected chi connectivity index (χ3v) is 7.87. The minimum absolute atomic E-state index is 0.0719. The molecular formula is C29H41N3O2. The number of aromatic nitrogens is 1. The van der Waals surface area contributed by atoms with Crippen molar-refractivity contribution in [2.24, 2.45) is 0 Å². The van der Waals surface area contributed by atoms with Gasteiger partial charge in [-0.15, -0.1) is 0 Å². The van der Waals surface area contributed by atoms with Gasteiger partial charge in [-0.3, -0.25) is 4.79 Å². The lowest BCUT2D eigenvalue weighted by atomic mass is 9.63. The Kier molecular flexibility index (Phi) is 7.32. The molecule has 184 valence electrons. The molecule has 2 N–H and O–H groups in total. The first-order valence-electron chi connectivity index (χ1n) is 13.0. The second-order valence-corrected chi connectivity index (χ2v) is 11.3. The Morgan fingerprint density at radius 3 is 2.59 bits per heavy atom. The summed E-state index contributed by atoms with van der Waals surface area (Å²) in [5, 5.41) is 12.0. The zero-order valence-electron chi connectivity index (χ0n) is 21.4. The lowest BCUT2D eigenvalue weighted by molar-refractivity contribution is -0.122. The summed E-state index contributed by atoms with van der Waals surface area (Å²) in [5.74, 6) is 0.952. The summed E-state index contributed by atoms with van der Waals surface area (Å²) in [4.78, 5) is 20.2. The molecule has 4 rings (SSSR count). The second-order valence-electron chi connectivity index (χ2n) is 11.3. The number of hydrogen-bond acceptors (Lipinski definition) is 4. The maximum Gasteiger partial charge on any atom is 0.242 e. The van der Waals surface area contributed by atoms with Crippen molar-refractivity contribution in [3.63, 3.8) is 0 Å². The summed E-state index contributed by atoms with van der Waals surface area (Å²) in [6, 6.07) is 12.9. The van der Waals surface area contributed by atoms with Gasteiger partial charge in [-0.2, -0.15) is 0 Å². The number of piperidine rings is 1. The van der Waals surface area contributed by atoms with E-state index in [4.69, 9.17) is 10.1 Å². The van der Waals surface area contributed by atoms with Crippen LogP contribution in [-0.2, 0) is 15.6 Å². The van der Waals surface area contributed by atoms with E-state index in [1.54, 1.807) is 0 Å². The molecule has 1 aromatic heterocycles. The molecule has 2 heterocycles. The van der Waals surface area contributed by atoms with Crippen molar-refractivity contribution in [1.82, 2.24) is 10.3 Å². The van der Waals surface area contributed by atoms with E-state index in [2.05, 4.69) is 68.2 Å². The number of amides is 1. The van der Waals surface area contributed by atoms with Gasteiger partial charge in [0, 0.05) is 25.3 Å². The molecule has 1 aromatic carbocycles. The molecule has 5 nitrogen and oxygen atoms in total. The molecule has 1 aliphatic carbocycles. The minimum Gasteiger partial charge on any atom is -0.396 e. The van der Waals surface area contributed by atoms with E-state index in [1.807, 2.05) is 6.07 Å². The molecule has 2 aliphatic rings. The topological polar surface area (TPSA) is 65.5 Å². The van der Waals surface area contributed by atoms with Gasteiger partial charge < -0.3 is 15.3 Å². The highest BCUT2D eigenvalue weighted by Crippen LogP contribution is 2.46. The molecule has 34 heavy (non-hydrogen) atoms. The molecule has 2 aromatic rings. The fourth-order valence-corrected chi connectivity index (χ4v) is 5.54. The van der Waals surface area contributed by atoms with Gasteiger partial charge in [-0.1, -0.05) is 45.9 Å².